The molecule has 1 nitrogen and oxygen atoms in total. The Bertz CT molecular complexity index is 762. The summed E-state index contributed by atoms with van der Waals surface area (Å²) in [6, 6.07) is 20.7. The van der Waals surface area contributed by atoms with E-state index in [-0.39, 0.29) is 10.8 Å². The van der Waals surface area contributed by atoms with Crippen LogP contribution in [0.2, 0.25) is 0 Å². The minimum absolute atomic E-state index is 0.0332. The van der Waals surface area contributed by atoms with Crippen molar-refractivity contribution in [2.24, 2.45) is 10.8 Å². The van der Waals surface area contributed by atoms with Crippen LogP contribution in [0.25, 0.3) is 0 Å². The number of hydrogen-bond acceptors (Lipinski definition) is 1. The van der Waals surface area contributed by atoms with E-state index in [0.29, 0.717) is 0 Å². The van der Waals surface area contributed by atoms with Gasteiger partial charge in [0.25, 0.3) is 0 Å². The van der Waals surface area contributed by atoms with Gasteiger partial charge >= 0.3 is 0 Å². The van der Waals surface area contributed by atoms with E-state index >= 15 is 0 Å². The standard InChI is InChI=1S/C23H28OS/c1-21(2,3)19(22(4,5)6)20-23(25(20)24,17-13-9-7-10-14-17)18-15-11-8-12-16-18/h7-16H,1-6H3. The maximum atomic E-state index is 13.5. The van der Waals surface area contributed by atoms with Gasteiger partial charge in [-0.1, -0.05) is 102 Å². The molecule has 1 atom stereocenters. The van der Waals surface area contributed by atoms with Gasteiger partial charge in [0, 0.05) is 4.91 Å². The molecule has 2 heteroatoms. The Hall–Kier alpha value is -1.67. The highest BCUT2D eigenvalue weighted by Gasteiger charge is 2.64. The first-order valence-electron chi connectivity index (χ1n) is 8.90. The maximum Gasteiger partial charge on any atom is 0.133 e. The Morgan fingerprint density at radius 3 is 1.40 bits per heavy atom. The molecule has 2 aromatic rings. The zero-order valence-corrected chi connectivity index (χ0v) is 16.9. The van der Waals surface area contributed by atoms with Crippen molar-refractivity contribution >= 4 is 10.8 Å². The normalized spacial score (nSPS) is 19.6. The molecule has 2 aromatic carbocycles. The van der Waals surface area contributed by atoms with Gasteiger partial charge in [-0.2, -0.15) is 0 Å². The monoisotopic (exact) mass is 352 g/mol. The summed E-state index contributed by atoms with van der Waals surface area (Å²) >= 11 is 0. The summed E-state index contributed by atoms with van der Waals surface area (Å²) in [6.45, 7) is 13.4. The summed E-state index contributed by atoms with van der Waals surface area (Å²) in [5.74, 6) is 0. The molecule has 1 fully saturated rings. The van der Waals surface area contributed by atoms with E-state index in [9.17, 15) is 4.21 Å². The van der Waals surface area contributed by atoms with Gasteiger partial charge < -0.3 is 0 Å². The predicted octanol–water partition coefficient (Wildman–Crippen LogP) is 6.04. The molecule has 0 amide bonds. The third-order valence-electron chi connectivity index (χ3n) is 4.83. The second kappa shape index (κ2) is 5.95. The molecule has 1 aliphatic heterocycles. The molecule has 1 heterocycles. The summed E-state index contributed by atoms with van der Waals surface area (Å²) in [5.41, 5.74) is 3.50. The van der Waals surface area contributed by atoms with Crippen LogP contribution in [0, 0.1) is 10.8 Å². The van der Waals surface area contributed by atoms with Crippen molar-refractivity contribution in [3.8, 4) is 0 Å². The summed E-state index contributed by atoms with van der Waals surface area (Å²) in [4.78, 5) is 1.10. The number of rotatable bonds is 2. The van der Waals surface area contributed by atoms with Gasteiger partial charge in [0.2, 0.25) is 0 Å². The van der Waals surface area contributed by atoms with E-state index in [1.807, 2.05) is 36.4 Å². The molecule has 0 saturated carbocycles. The lowest BCUT2D eigenvalue weighted by atomic mass is 9.70. The minimum atomic E-state index is -1.04. The molecule has 0 aliphatic carbocycles. The summed E-state index contributed by atoms with van der Waals surface area (Å²) < 4.78 is 13.0. The van der Waals surface area contributed by atoms with Crippen molar-refractivity contribution in [2.75, 3.05) is 0 Å². The highest BCUT2D eigenvalue weighted by molar-refractivity contribution is 7.99. The zero-order valence-electron chi connectivity index (χ0n) is 16.1. The smallest absolute Gasteiger partial charge is 0.133 e. The second-order valence-electron chi connectivity index (χ2n) is 8.89. The van der Waals surface area contributed by atoms with Crippen molar-refractivity contribution < 1.29 is 4.21 Å². The van der Waals surface area contributed by atoms with Gasteiger partial charge in [-0.15, -0.1) is 0 Å². The van der Waals surface area contributed by atoms with E-state index in [4.69, 9.17) is 0 Å². The van der Waals surface area contributed by atoms with Gasteiger partial charge in [-0.25, -0.2) is 0 Å². The first kappa shape index (κ1) is 18.1. The van der Waals surface area contributed by atoms with E-state index in [1.54, 1.807) is 0 Å². The molecule has 132 valence electrons. The van der Waals surface area contributed by atoms with Crippen molar-refractivity contribution in [1.82, 2.24) is 0 Å². The first-order valence-corrected chi connectivity index (χ1v) is 10.0. The molecule has 0 aromatic heterocycles. The van der Waals surface area contributed by atoms with Gasteiger partial charge in [-0.3, -0.25) is 4.21 Å². The lowest BCUT2D eigenvalue weighted by Crippen LogP contribution is -2.24. The van der Waals surface area contributed by atoms with Crippen molar-refractivity contribution in [3.63, 3.8) is 0 Å². The van der Waals surface area contributed by atoms with Crippen LogP contribution in [0.3, 0.4) is 0 Å². The summed E-state index contributed by atoms with van der Waals surface area (Å²) in [7, 11) is -1.04. The fraction of sp³-hybridized carbons (Fsp3) is 0.391. The van der Waals surface area contributed by atoms with E-state index < -0.39 is 15.5 Å². The largest absolute Gasteiger partial charge is 0.253 e. The van der Waals surface area contributed by atoms with Crippen LogP contribution >= 0.6 is 0 Å². The van der Waals surface area contributed by atoms with Crippen LogP contribution < -0.4 is 0 Å². The highest BCUT2D eigenvalue weighted by Crippen LogP contribution is 2.64. The fourth-order valence-corrected chi connectivity index (χ4v) is 6.62. The first-order chi connectivity index (χ1) is 11.6. The number of hydrogen-bond donors (Lipinski definition) is 0. The molecular formula is C23H28OS. The predicted molar refractivity (Wildman–Crippen MR) is 108 cm³/mol. The average Bonchev–Trinajstić information content (AvgIpc) is 3.12. The lowest BCUT2D eigenvalue weighted by Gasteiger charge is -2.34. The third kappa shape index (κ3) is 2.91. The Morgan fingerprint density at radius 2 is 1.08 bits per heavy atom. The van der Waals surface area contributed by atoms with E-state index in [2.05, 4.69) is 65.8 Å². The zero-order chi connectivity index (χ0) is 18.5. The quantitative estimate of drug-likeness (QED) is 0.602. The Labute approximate surface area is 154 Å². The van der Waals surface area contributed by atoms with Gasteiger partial charge in [0.05, 0.1) is 10.8 Å². The molecule has 1 saturated heterocycles. The van der Waals surface area contributed by atoms with Crippen molar-refractivity contribution in [2.45, 2.75) is 46.3 Å². The second-order valence-corrected chi connectivity index (χ2v) is 10.4. The van der Waals surface area contributed by atoms with Crippen molar-refractivity contribution in [3.05, 3.63) is 82.3 Å². The average molecular weight is 353 g/mol. The molecule has 0 radical (unpaired) electrons. The van der Waals surface area contributed by atoms with Crippen LogP contribution in [0.15, 0.2) is 71.1 Å². The van der Waals surface area contributed by atoms with Crippen LogP contribution in [0.4, 0.5) is 0 Å². The van der Waals surface area contributed by atoms with Crippen LogP contribution in [0.1, 0.15) is 52.7 Å². The Balaban J connectivity index is 2.36. The third-order valence-corrected chi connectivity index (χ3v) is 6.74. The van der Waals surface area contributed by atoms with Gasteiger partial charge in [0.15, 0.2) is 0 Å². The molecular weight excluding hydrogens is 324 g/mol. The van der Waals surface area contributed by atoms with Crippen LogP contribution in [-0.4, -0.2) is 4.21 Å². The lowest BCUT2D eigenvalue weighted by molar-refractivity contribution is 0.359. The van der Waals surface area contributed by atoms with Crippen molar-refractivity contribution in [1.29, 1.82) is 0 Å². The fourth-order valence-electron chi connectivity index (χ4n) is 4.27. The molecule has 25 heavy (non-hydrogen) atoms. The SMILES string of the molecule is CC(C)(C)C(=C1S(=O)C1(c1ccccc1)c1ccccc1)C(C)(C)C. The Morgan fingerprint density at radius 1 is 0.720 bits per heavy atom. The minimum Gasteiger partial charge on any atom is -0.253 e. The van der Waals surface area contributed by atoms with Crippen LogP contribution in [-0.2, 0) is 15.5 Å². The van der Waals surface area contributed by atoms with E-state index in [1.165, 1.54) is 5.57 Å². The molecule has 0 bridgehead atoms. The van der Waals surface area contributed by atoms with Crippen LogP contribution in [0.5, 0.6) is 0 Å². The summed E-state index contributed by atoms with van der Waals surface area (Å²) in [6.07, 6.45) is 0. The molecule has 3 rings (SSSR count). The molecule has 0 spiro atoms. The molecule has 1 unspecified atom stereocenters. The van der Waals surface area contributed by atoms with E-state index in [0.717, 1.165) is 16.0 Å². The molecule has 1 aliphatic rings. The number of allylic oxidation sites excluding steroid dienone is 1. The Kier molecular flexibility index (Phi) is 4.31. The van der Waals surface area contributed by atoms with Gasteiger partial charge in [-0.05, 0) is 27.5 Å². The molecule has 0 N–H and O–H groups in total. The number of benzene rings is 2. The highest BCUT2D eigenvalue weighted by atomic mass is 32.2. The summed E-state index contributed by atoms with van der Waals surface area (Å²) in [5, 5.41) is 0. The topological polar surface area (TPSA) is 17.1 Å². The maximum absolute atomic E-state index is 13.5. The van der Waals surface area contributed by atoms with Gasteiger partial charge in [0.1, 0.15) is 4.75 Å².